The molecular formula is C70H107O11P. The number of aliphatic hydroxyl groups excluding tert-OH is 1. The van der Waals surface area contributed by atoms with E-state index in [0.717, 1.165) is 122 Å². The fourth-order valence-electron chi connectivity index (χ4n) is 7.30. The van der Waals surface area contributed by atoms with Crippen LogP contribution in [0, 0.1) is 0 Å². The van der Waals surface area contributed by atoms with Crippen LogP contribution >= 0.6 is 7.82 Å². The highest BCUT2D eigenvalue weighted by atomic mass is 31.2. The number of phosphoric acid groups is 1. The third kappa shape index (κ3) is 59.2. The van der Waals surface area contributed by atoms with Crippen LogP contribution in [-0.2, 0) is 42.2 Å². The Hall–Kier alpha value is -5.42. The molecule has 0 heterocycles. The van der Waals surface area contributed by atoms with E-state index in [1.54, 1.807) is 0 Å². The van der Waals surface area contributed by atoms with E-state index in [0.29, 0.717) is 32.1 Å². The fraction of sp³-hybridized carbons (Fsp3) is 0.529. The summed E-state index contributed by atoms with van der Waals surface area (Å²) in [7, 11) is -4.81. The van der Waals surface area contributed by atoms with Gasteiger partial charge in [0.15, 0.2) is 6.10 Å². The zero-order valence-corrected chi connectivity index (χ0v) is 51.5. The van der Waals surface area contributed by atoms with Crippen molar-refractivity contribution in [3.63, 3.8) is 0 Å². The Kier molecular flexibility index (Phi) is 57.6. The number of ether oxygens (including phenoxy) is 3. The highest BCUT2D eigenvalue weighted by Gasteiger charge is 2.28. The van der Waals surface area contributed by atoms with E-state index < -0.39 is 57.8 Å². The van der Waals surface area contributed by atoms with Gasteiger partial charge in [0.2, 0.25) is 0 Å². The Labute approximate surface area is 497 Å². The average molecular weight is 1160 g/mol. The summed E-state index contributed by atoms with van der Waals surface area (Å²) in [6, 6.07) is 0. The van der Waals surface area contributed by atoms with E-state index in [4.69, 9.17) is 23.3 Å². The minimum absolute atomic E-state index is 0.0231. The summed E-state index contributed by atoms with van der Waals surface area (Å²) in [6.45, 7) is 4.10. The molecule has 12 heteroatoms. The Morgan fingerprint density at radius 3 is 0.963 bits per heavy atom. The first-order valence-electron chi connectivity index (χ1n) is 30.7. The summed E-state index contributed by atoms with van der Waals surface area (Å²) in [5.74, 6) is -1.69. The second-order valence-corrected chi connectivity index (χ2v) is 20.8. The van der Waals surface area contributed by atoms with Crippen molar-refractivity contribution >= 4 is 25.7 Å². The number of rotatable bonds is 54. The van der Waals surface area contributed by atoms with E-state index in [1.807, 2.05) is 24.3 Å². The van der Waals surface area contributed by atoms with Gasteiger partial charge in [-0.25, -0.2) is 4.57 Å². The Morgan fingerprint density at radius 1 is 0.341 bits per heavy atom. The van der Waals surface area contributed by atoms with Crippen molar-refractivity contribution in [1.82, 2.24) is 0 Å². The topological polar surface area (TPSA) is 155 Å². The van der Waals surface area contributed by atoms with E-state index in [1.165, 1.54) is 6.42 Å². The lowest BCUT2D eigenvalue weighted by Gasteiger charge is -2.21. The molecule has 0 aliphatic rings. The van der Waals surface area contributed by atoms with Crippen LogP contribution in [0.4, 0.5) is 0 Å². The van der Waals surface area contributed by atoms with Crippen molar-refractivity contribution in [2.24, 2.45) is 0 Å². The molecule has 0 amide bonds. The van der Waals surface area contributed by atoms with Crippen molar-refractivity contribution in [1.29, 1.82) is 0 Å². The summed E-state index contributed by atoms with van der Waals surface area (Å²) in [6.07, 6.45) is 84.5. The molecular weight excluding hydrogens is 1050 g/mol. The first-order valence-corrected chi connectivity index (χ1v) is 32.2. The second-order valence-electron chi connectivity index (χ2n) is 19.4. The number of phosphoric ester groups is 1. The fourth-order valence-corrected chi connectivity index (χ4v) is 8.09. The van der Waals surface area contributed by atoms with Crippen LogP contribution in [0.2, 0.25) is 0 Å². The summed E-state index contributed by atoms with van der Waals surface area (Å²) in [5.41, 5.74) is 0. The maximum atomic E-state index is 12.9. The first kappa shape index (κ1) is 76.6. The molecule has 0 bridgehead atoms. The molecule has 11 nitrogen and oxygen atoms in total. The van der Waals surface area contributed by atoms with E-state index in [9.17, 15) is 28.9 Å². The molecule has 0 aromatic rings. The Balaban J connectivity index is 4.93. The average Bonchev–Trinajstić information content (AvgIpc) is 3.47. The molecule has 0 aliphatic heterocycles. The highest BCUT2D eigenvalue weighted by Crippen LogP contribution is 2.43. The van der Waals surface area contributed by atoms with Crippen LogP contribution in [0.5, 0.6) is 0 Å². The molecule has 82 heavy (non-hydrogen) atoms. The van der Waals surface area contributed by atoms with Crippen molar-refractivity contribution in [2.75, 3.05) is 26.4 Å². The predicted molar refractivity (Wildman–Crippen MR) is 343 cm³/mol. The van der Waals surface area contributed by atoms with Gasteiger partial charge in [0, 0.05) is 19.3 Å². The number of esters is 3. The Morgan fingerprint density at radius 2 is 0.622 bits per heavy atom. The highest BCUT2D eigenvalue weighted by molar-refractivity contribution is 7.47. The Bertz CT molecular complexity index is 2080. The number of hydrogen-bond acceptors (Lipinski definition) is 10. The van der Waals surface area contributed by atoms with E-state index >= 15 is 0 Å². The normalized spacial score (nSPS) is 14.5. The summed E-state index contributed by atoms with van der Waals surface area (Å²) in [4.78, 5) is 48.6. The van der Waals surface area contributed by atoms with Gasteiger partial charge in [-0.3, -0.25) is 23.4 Å². The lowest BCUT2D eigenvalue weighted by Crippen LogP contribution is -2.30. The maximum absolute atomic E-state index is 12.9. The SMILES string of the molecule is CC/C=C\C/C=C\C/C=C\C/C=C\C/C=C\C/C=C\CCC(=O)OC(CO)COP(=O)(O)OCC(COC(=O)CCCCCCCCC/C=C\C/C=C\C/C=C\CC)OC(=O)CC/C=C\C/C=C\C/C=C\C/C=C\C/C=C\C/C=C\CC. The maximum Gasteiger partial charge on any atom is 0.472 e. The van der Waals surface area contributed by atoms with Crippen molar-refractivity contribution in [3.8, 4) is 0 Å². The van der Waals surface area contributed by atoms with Gasteiger partial charge in [-0.1, -0.05) is 235 Å². The van der Waals surface area contributed by atoms with Gasteiger partial charge in [0.05, 0.1) is 19.8 Å². The summed E-state index contributed by atoms with van der Waals surface area (Å²) in [5, 5.41) is 9.83. The largest absolute Gasteiger partial charge is 0.472 e. The van der Waals surface area contributed by atoms with Crippen LogP contribution in [0.15, 0.2) is 182 Å². The van der Waals surface area contributed by atoms with Gasteiger partial charge in [-0.15, -0.1) is 0 Å². The number of carbonyl (C=O) groups is 3. The van der Waals surface area contributed by atoms with Gasteiger partial charge in [-0.05, 0) is 128 Å². The molecule has 0 fully saturated rings. The number of carbonyl (C=O) groups excluding carboxylic acids is 3. The number of hydrogen-bond donors (Lipinski definition) is 2. The van der Waals surface area contributed by atoms with Crippen LogP contribution < -0.4 is 0 Å². The predicted octanol–water partition coefficient (Wildman–Crippen LogP) is 18.8. The molecule has 0 saturated carbocycles. The molecule has 0 aliphatic carbocycles. The van der Waals surface area contributed by atoms with Crippen LogP contribution in [0.25, 0.3) is 0 Å². The molecule has 458 valence electrons. The zero-order chi connectivity index (χ0) is 59.8. The minimum atomic E-state index is -4.81. The monoisotopic (exact) mass is 1150 g/mol. The lowest BCUT2D eigenvalue weighted by molar-refractivity contribution is -0.161. The molecule has 2 N–H and O–H groups in total. The standard InChI is InChI=1S/C70H107O11P/c1-4-7-10-13-16-19-22-25-28-31-33-36-39-42-45-48-51-54-57-60-69(73)80-66(62-71)64-78-82(75,76)79-65-67(63-77-68(72)59-56-53-50-47-44-41-38-35-30-27-24-21-18-15-12-9-6-3)81-70(74)61-58-55-52-49-46-43-40-37-34-32-29-26-23-20-17-14-11-8-5-2/h7-12,16-21,25-30,33-34,36-37,42-43,45-46,51-52,54-55,66-67,71H,4-6,13-15,22-24,31-32,35,38-41,44,47-50,53,56-65H2,1-3H3,(H,75,76)/b10-7-,11-8-,12-9-,19-16-,20-17-,21-18-,28-25-,29-26-,30-27-,36-33-,37-34-,45-42-,46-43-,54-51-,55-52-. The lowest BCUT2D eigenvalue weighted by atomic mass is 10.1. The third-order valence-corrected chi connectivity index (χ3v) is 12.8. The molecule has 0 spiro atoms. The second kappa shape index (κ2) is 61.6. The zero-order valence-electron chi connectivity index (χ0n) is 50.6. The minimum Gasteiger partial charge on any atom is -0.462 e. The number of unbranched alkanes of at least 4 members (excludes halogenated alkanes) is 7. The smallest absolute Gasteiger partial charge is 0.462 e. The molecule has 0 saturated heterocycles. The molecule has 3 atom stereocenters. The van der Waals surface area contributed by atoms with E-state index in [-0.39, 0.29) is 25.9 Å². The van der Waals surface area contributed by atoms with Gasteiger partial charge in [0.25, 0.3) is 0 Å². The molecule has 0 rings (SSSR count). The molecule has 0 aromatic carbocycles. The quantitative estimate of drug-likeness (QED) is 0.0197. The first-order chi connectivity index (χ1) is 40.2. The van der Waals surface area contributed by atoms with Crippen LogP contribution in [-0.4, -0.2) is 66.5 Å². The summed E-state index contributed by atoms with van der Waals surface area (Å²) >= 11 is 0. The number of aliphatic hydroxyl groups is 1. The van der Waals surface area contributed by atoms with Gasteiger partial charge in [-0.2, -0.15) is 0 Å². The van der Waals surface area contributed by atoms with Gasteiger partial charge in [0.1, 0.15) is 12.7 Å². The van der Waals surface area contributed by atoms with Crippen molar-refractivity contribution < 1.29 is 52.2 Å². The van der Waals surface area contributed by atoms with E-state index in [2.05, 4.69) is 179 Å². The molecule has 3 unspecified atom stereocenters. The molecule has 0 radical (unpaired) electrons. The van der Waals surface area contributed by atoms with Crippen molar-refractivity contribution in [3.05, 3.63) is 182 Å². The number of allylic oxidation sites excluding steroid dienone is 30. The summed E-state index contributed by atoms with van der Waals surface area (Å²) < 4.78 is 39.4. The van der Waals surface area contributed by atoms with Crippen molar-refractivity contribution in [2.45, 2.75) is 213 Å². The molecule has 0 aromatic heterocycles. The third-order valence-electron chi connectivity index (χ3n) is 11.8. The van der Waals surface area contributed by atoms with Gasteiger partial charge >= 0.3 is 25.7 Å². The van der Waals surface area contributed by atoms with Crippen LogP contribution in [0.1, 0.15) is 201 Å². The van der Waals surface area contributed by atoms with Gasteiger partial charge < -0.3 is 24.2 Å². The van der Waals surface area contributed by atoms with Crippen LogP contribution in [0.3, 0.4) is 0 Å².